The molecule has 0 amide bonds. The maximum Gasteiger partial charge on any atom is 0.305 e. The van der Waals surface area contributed by atoms with Crippen LogP contribution in [0.4, 0.5) is 0 Å². The fourth-order valence-electron chi connectivity index (χ4n) is 0.834. The summed E-state index contributed by atoms with van der Waals surface area (Å²) in [6.07, 6.45) is 2.95. The second-order valence-electron chi connectivity index (χ2n) is 2.98. The number of ether oxygens (including phenoxy) is 1. The van der Waals surface area contributed by atoms with Crippen LogP contribution in [0.1, 0.15) is 32.6 Å². The molecule has 5 nitrogen and oxygen atoms in total. The molecule has 0 aliphatic heterocycles. The minimum Gasteiger partial charge on any atom is -0.466 e. The van der Waals surface area contributed by atoms with Crippen LogP contribution in [0, 0.1) is 0 Å². The lowest BCUT2D eigenvalue weighted by atomic mass is 10.3. The highest BCUT2D eigenvalue weighted by molar-refractivity contribution is 5.75. The lowest BCUT2D eigenvalue weighted by Gasteiger charge is -2.02. The molecule has 0 aliphatic carbocycles. The number of hydrogen-bond acceptors (Lipinski definition) is 3. The molecule has 0 saturated carbocycles. The van der Waals surface area contributed by atoms with Crippen molar-refractivity contribution < 1.29 is 9.53 Å². The average Bonchev–Trinajstić information content (AvgIpc) is 2.13. The van der Waals surface area contributed by atoms with Crippen LogP contribution in [0.3, 0.4) is 0 Å². The standard InChI is InChI=1S/C9H19N3O2/c1-2-3-7-14-8(13)5-4-6-12-9(10)11/h2-7H2,1H3,(H4,10,11,12). The molecule has 0 aromatic heterocycles. The highest BCUT2D eigenvalue weighted by Crippen LogP contribution is 1.95. The second-order valence-corrected chi connectivity index (χ2v) is 2.98. The van der Waals surface area contributed by atoms with Crippen LogP contribution in [0.15, 0.2) is 4.99 Å². The van der Waals surface area contributed by atoms with Crippen molar-refractivity contribution in [3.63, 3.8) is 0 Å². The third kappa shape index (κ3) is 8.83. The van der Waals surface area contributed by atoms with E-state index in [1.165, 1.54) is 0 Å². The summed E-state index contributed by atoms with van der Waals surface area (Å²) >= 11 is 0. The molecule has 14 heavy (non-hydrogen) atoms. The number of hydrogen-bond donors (Lipinski definition) is 2. The van der Waals surface area contributed by atoms with E-state index in [9.17, 15) is 4.79 Å². The van der Waals surface area contributed by atoms with Crippen molar-refractivity contribution in [3.05, 3.63) is 0 Å². The molecular weight excluding hydrogens is 182 g/mol. The SMILES string of the molecule is CCCCOC(=O)CCCN=C(N)N. The molecule has 0 spiro atoms. The Balaban J connectivity index is 3.31. The minimum atomic E-state index is -0.177. The van der Waals surface area contributed by atoms with Crippen LogP contribution in [0.2, 0.25) is 0 Å². The lowest BCUT2D eigenvalue weighted by Crippen LogP contribution is -2.23. The summed E-state index contributed by atoms with van der Waals surface area (Å²) in [6.45, 7) is 3.04. The van der Waals surface area contributed by atoms with Gasteiger partial charge in [0.2, 0.25) is 0 Å². The Hall–Kier alpha value is -1.26. The van der Waals surface area contributed by atoms with Gasteiger partial charge in [0, 0.05) is 13.0 Å². The smallest absolute Gasteiger partial charge is 0.305 e. The van der Waals surface area contributed by atoms with Gasteiger partial charge in [-0.25, -0.2) is 0 Å². The first-order valence-corrected chi connectivity index (χ1v) is 4.87. The predicted molar refractivity (Wildman–Crippen MR) is 55.8 cm³/mol. The van der Waals surface area contributed by atoms with E-state index >= 15 is 0 Å². The number of esters is 1. The van der Waals surface area contributed by atoms with Crippen molar-refractivity contribution in [3.8, 4) is 0 Å². The van der Waals surface area contributed by atoms with Crippen LogP contribution in [-0.4, -0.2) is 25.1 Å². The van der Waals surface area contributed by atoms with Gasteiger partial charge in [-0.2, -0.15) is 0 Å². The molecule has 4 N–H and O–H groups in total. The van der Waals surface area contributed by atoms with Gasteiger partial charge in [-0.05, 0) is 12.8 Å². The van der Waals surface area contributed by atoms with E-state index in [1.807, 2.05) is 6.92 Å². The molecule has 0 bridgehead atoms. The number of nitrogens with two attached hydrogens (primary N) is 2. The lowest BCUT2D eigenvalue weighted by molar-refractivity contribution is -0.143. The highest BCUT2D eigenvalue weighted by atomic mass is 16.5. The summed E-state index contributed by atoms with van der Waals surface area (Å²) in [5.74, 6) is -0.117. The molecule has 0 aromatic rings. The molecule has 0 heterocycles. The first-order chi connectivity index (χ1) is 6.66. The molecule has 0 atom stereocenters. The fourth-order valence-corrected chi connectivity index (χ4v) is 0.834. The molecule has 0 aromatic carbocycles. The van der Waals surface area contributed by atoms with Gasteiger partial charge in [0.1, 0.15) is 0 Å². The van der Waals surface area contributed by atoms with E-state index in [0.29, 0.717) is 26.0 Å². The third-order valence-electron chi connectivity index (χ3n) is 1.59. The zero-order valence-corrected chi connectivity index (χ0v) is 8.66. The van der Waals surface area contributed by atoms with Gasteiger partial charge >= 0.3 is 5.97 Å². The van der Waals surface area contributed by atoms with Gasteiger partial charge in [0.15, 0.2) is 5.96 Å². The number of aliphatic imine (C=N–C) groups is 1. The zero-order valence-electron chi connectivity index (χ0n) is 8.66. The Morgan fingerprint density at radius 3 is 2.64 bits per heavy atom. The van der Waals surface area contributed by atoms with E-state index in [1.54, 1.807) is 0 Å². The molecular formula is C9H19N3O2. The number of guanidine groups is 1. The Morgan fingerprint density at radius 2 is 2.07 bits per heavy atom. The molecule has 82 valence electrons. The fraction of sp³-hybridized carbons (Fsp3) is 0.778. The van der Waals surface area contributed by atoms with Crippen molar-refractivity contribution in [2.45, 2.75) is 32.6 Å². The molecule has 0 saturated heterocycles. The Kier molecular flexibility index (Phi) is 7.59. The van der Waals surface area contributed by atoms with Gasteiger partial charge < -0.3 is 16.2 Å². The highest BCUT2D eigenvalue weighted by Gasteiger charge is 2.00. The van der Waals surface area contributed by atoms with Gasteiger partial charge in [-0.3, -0.25) is 9.79 Å². The van der Waals surface area contributed by atoms with Crippen molar-refractivity contribution in [1.82, 2.24) is 0 Å². The maximum absolute atomic E-state index is 11.0. The molecule has 0 rings (SSSR count). The van der Waals surface area contributed by atoms with Gasteiger partial charge in [0.05, 0.1) is 6.61 Å². The van der Waals surface area contributed by atoms with E-state index < -0.39 is 0 Å². The molecule has 0 aliphatic rings. The number of unbranched alkanes of at least 4 members (excludes halogenated alkanes) is 1. The van der Waals surface area contributed by atoms with Crippen molar-refractivity contribution >= 4 is 11.9 Å². The van der Waals surface area contributed by atoms with Gasteiger partial charge in [-0.15, -0.1) is 0 Å². The number of carbonyl (C=O) groups excluding carboxylic acids is 1. The van der Waals surface area contributed by atoms with Gasteiger partial charge in [-0.1, -0.05) is 13.3 Å². The monoisotopic (exact) mass is 201 g/mol. The van der Waals surface area contributed by atoms with Crippen LogP contribution in [0.25, 0.3) is 0 Å². The van der Waals surface area contributed by atoms with Crippen molar-refractivity contribution in [2.75, 3.05) is 13.2 Å². The molecule has 5 heteroatoms. The van der Waals surface area contributed by atoms with E-state index in [-0.39, 0.29) is 11.9 Å². The average molecular weight is 201 g/mol. The molecule has 0 unspecified atom stereocenters. The number of rotatable bonds is 7. The van der Waals surface area contributed by atoms with Crippen molar-refractivity contribution in [1.29, 1.82) is 0 Å². The molecule has 0 fully saturated rings. The largest absolute Gasteiger partial charge is 0.466 e. The summed E-state index contributed by atoms with van der Waals surface area (Å²) in [4.78, 5) is 14.8. The Bertz CT molecular complexity index is 188. The summed E-state index contributed by atoms with van der Waals surface area (Å²) in [5, 5.41) is 0. The predicted octanol–water partition coefficient (Wildman–Crippen LogP) is 0.383. The quantitative estimate of drug-likeness (QED) is 0.270. The minimum absolute atomic E-state index is 0.0596. The van der Waals surface area contributed by atoms with Crippen LogP contribution in [-0.2, 0) is 9.53 Å². The summed E-state index contributed by atoms with van der Waals surface area (Å²) in [7, 11) is 0. The van der Waals surface area contributed by atoms with Crippen LogP contribution >= 0.6 is 0 Å². The first-order valence-electron chi connectivity index (χ1n) is 4.87. The van der Waals surface area contributed by atoms with Crippen molar-refractivity contribution in [2.24, 2.45) is 16.5 Å². The number of carbonyl (C=O) groups is 1. The molecule has 0 radical (unpaired) electrons. The second kappa shape index (κ2) is 8.34. The third-order valence-corrected chi connectivity index (χ3v) is 1.59. The Morgan fingerprint density at radius 1 is 1.36 bits per heavy atom. The normalized spacial score (nSPS) is 9.50. The summed E-state index contributed by atoms with van der Waals surface area (Å²) < 4.78 is 4.94. The summed E-state index contributed by atoms with van der Waals surface area (Å²) in [6, 6.07) is 0. The van der Waals surface area contributed by atoms with E-state index in [2.05, 4.69) is 4.99 Å². The number of nitrogens with zero attached hydrogens (tertiary/aromatic N) is 1. The maximum atomic E-state index is 11.0. The zero-order chi connectivity index (χ0) is 10.8. The summed E-state index contributed by atoms with van der Waals surface area (Å²) in [5.41, 5.74) is 10.2. The Labute approximate surface area is 84.5 Å². The topological polar surface area (TPSA) is 90.7 Å². The van der Waals surface area contributed by atoms with E-state index in [0.717, 1.165) is 12.8 Å². The van der Waals surface area contributed by atoms with Crippen LogP contribution < -0.4 is 11.5 Å². The first kappa shape index (κ1) is 12.7. The van der Waals surface area contributed by atoms with Gasteiger partial charge in [0.25, 0.3) is 0 Å². The van der Waals surface area contributed by atoms with E-state index in [4.69, 9.17) is 16.2 Å². The van der Waals surface area contributed by atoms with Crippen LogP contribution in [0.5, 0.6) is 0 Å².